The van der Waals surface area contributed by atoms with Crippen molar-refractivity contribution < 1.29 is 0 Å². The smallest absolute Gasteiger partial charge is 0.159 e. The van der Waals surface area contributed by atoms with Crippen molar-refractivity contribution in [3.8, 4) is 0 Å². The van der Waals surface area contributed by atoms with E-state index >= 15 is 0 Å². The van der Waals surface area contributed by atoms with Gasteiger partial charge in [0.2, 0.25) is 0 Å². The van der Waals surface area contributed by atoms with Gasteiger partial charge < -0.3 is 4.57 Å². The van der Waals surface area contributed by atoms with Gasteiger partial charge in [-0.15, -0.1) is 0 Å². The number of rotatable bonds is 3. The largest absolute Gasteiger partial charge is 0.328 e. The first-order valence-corrected chi connectivity index (χ1v) is 6.79. The zero-order chi connectivity index (χ0) is 13.4. The van der Waals surface area contributed by atoms with Gasteiger partial charge in [-0.1, -0.05) is 27.7 Å². The molecule has 0 atom stereocenters. The molecule has 0 N–H and O–H groups in total. The highest BCUT2D eigenvalue weighted by Gasteiger charge is 2.16. The highest BCUT2D eigenvalue weighted by atomic mass is 15.1. The normalized spacial score (nSPS) is 12.3. The molecule has 0 amide bonds. The molecule has 2 rings (SSSR count). The molecule has 18 heavy (non-hydrogen) atoms. The summed E-state index contributed by atoms with van der Waals surface area (Å²) in [6.07, 6.45) is 4.13. The Balaban J connectivity index is 2.71. The first kappa shape index (κ1) is 13.1. The van der Waals surface area contributed by atoms with Gasteiger partial charge in [0, 0.05) is 24.0 Å². The Kier molecular flexibility index (Phi) is 3.42. The van der Waals surface area contributed by atoms with Gasteiger partial charge in [-0.25, -0.2) is 4.98 Å². The Morgan fingerprint density at radius 2 is 1.67 bits per heavy atom. The second-order valence-electron chi connectivity index (χ2n) is 5.86. The maximum Gasteiger partial charge on any atom is 0.159 e. The van der Waals surface area contributed by atoms with Crippen LogP contribution in [0, 0.1) is 0 Å². The summed E-state index contributed by atoms with van der Waals surface area (Å²) in [6.45, 7) is 13.1. The fourth-order valence-electron chi connectivity index (χ4n) is 2.14. The fraction of sp³-hybridized carbons (Fsp3) is 0.600. The standard InChI is InChI=1S/C15H23N3/c1-9(2)12-8-18(11(5)6)15-14(12)16-7-13(17-15)10(3)4/h7-11H,1-6H3. The predicted octanol–water partition coefficient (Wildman–Crippen LogP) is 4.26. The Bertz CT molecular complexity index is 550. The molecule has 0 spiro atoms. The minimum absolute atomic E-state index is 0.414. The molecule has 0 unspecified atom stereocenters. The number of fused-ring (bicyclic) bond motifs is 1. The van der Waals surface area contributed by atoms with Gasteiger partial charge in [-0.05, 0) is 25.7 Å². The van der Waals surface area contributed by atoms with Crippen molar-refractivity contribution in [1.82, 2.24) is 14.5 Å². The van der Waals surface area contributed by atoms with Gasteiger partial charge in [0.1, 0.15) is 5.52 Å². The summed E-state index contributed by atoms with van der Waals surface area (Å²) < 4.78 is 2.24. The summed E-state index contributed by atoms with van der Waals surface area (Å²) in [5.41, 5.74) is 4.45. The number of hydrogen-bond acceptors (Lipinski definition) is 2. The van der Waals surface area contributed by atoms with Crippen LogP contribution in [0.2, 0.25) is 0 Å². The van der Waals surface area contributed by atoms with Crippen LogP contribution in [0.5, 0.6) is 0 Å². The van der Waals surface area contributed by atoms with E-state index < -0.39 is 0 Å². The van der Waals surface area contributed by atoms with Crippen molar-refractivity contribution >= 4 is 11.2 Å². The van der Waals surface area contributed by atoms with Crippen molar-refractivity contribution in [2.45, 2.75) is 59.4 Å². The Morgan fingerprint density at radius 3 is 2.17 bits per heavy atom. The molecule has 3 heteroatoms. The van der Waals surface area contributed by atoms with Gasteiger partial charge in [-0.3, -0.25) is 4.98 Å². The van der Waals surface area contributed by atoms with E-state index in [1.165, 1.54) is 5.56 Å². The lowest BCUT2D eigenvalue weighted by Gasteiger charge is -2.09. The Hall–Kier alpha value is -1.38. The Morgan fingerprint density at radius 1 is 1.00 bits per heavy atom. The first-order chi connectivity index (χ1) is 8.41. The second kappa shape index (κ2) is 4.71. The third-order valence-corrected chi connectivity index (χ3v) is 3.34. The minimum atomic E-state index is 0.414. The molecule has 0 radical (unpaired) electrons. The molecule has 2 aromatic rings. The van der Waals surface area contributed by atoms with Crippen LogP contribution in [0.25, 0.3) is 11.2 Å². The average molecular weight is 245 g/mol. The minimum Gasteiger partial charge on any atom is -0.328 e. The Labute approximate surface area is 109 Å². The van der Waals surface area contributed by atoms with Crippen LogP contribution in [-0.2, 0) is 0 Å². The monoisotopic (exact) mass is 245 g/mol. The van der Waals surface area contributed by atoms with E-state index in [0.717, 1.165) is 16.9 Å². The highest BCUT2D eigenvalue weighted by molar-refractivity contribution is 5.76. The van der Waals surface area contributed by atoms with Crippen molar-refractivity contribution in [3.05, 3.63) is 23.7 Å². The van der Waals surface area contributed by atoms with E-state index in [9.17, 15) is 0 Å². The van der Waals surface area contributed by atoms with Gasteiger partial charge in [-0.2, -0.15) is 0 Å². The van der Waals surface area contributed by atoms with Crippen LogP contribution >= 0.6 is 0 Å². The van der Waals surface area contributed by atoms with Gasteiger partial charge >= 0.3 is 0 Å². The summed E-state index contributed by atoms with van der Waals surface area (Å²) in [4.78, 5) is 9.44. The van der Waals surface area contributed by atoms with Gasteiger partial charge in [0.05, 0.1) is 5.69 Å². The molecular weight excluding hydrogens is 222 g/mol. The lowest BCUT2D eigenvalue weighted by Crippen LogP contribution is -2.02. The first-order valence-electron chi connectivity index (χ1n) is 6.79. The van der Waals surface area contributed by atoms with Crippen molar-refractivity contribution in [2.75, 3.05) is 0 Å². The van der Waals surface area contributed by atoms with Crippen molar-refractivity contribution in [2.24, 2.45) is 0 Å². The third-order valence-electron chi connectivity index (χ3n) is 3.34. The number of nitrogens with zero attached hydrogens (tertiary/aromatic N) is 3. The maximum absolute atomic E-state index is 4.80. The molecule has 0 saturated heterocycles. The van der Waals surface area contributed by atoms with E-state index in [1.54, 1.807) is 0 Å². The van der Waals surface area contributed by atoms with Crippen molar-refractivity contribution in [3.63, 3.8) is 0 Å². The summed E-state index contributed by atoms with van der Waals surface area (Å²) >= 11 is 0. The summed E-state index contributed by atoms with van der Waals surface area (Å²) in [7, 11) is 0. The predicted molar refractivity (Wildman–Crippen MR) is 76.1 cm³/mol. The lowest BCUT2D eigenvalue weighted by molar-refractivity contribution is 0.612. The summed E-state index contributed by atoms with van der Waals surface area (Å²) in [5, 5.41) is 0. The molecule has 0 aliphatic heterocycles. The van der Waals surface area contributed by atoms with Crippen LogP contribution in [0.15, 0.2) is 12.4 Å². The molecule has 0 aromatic carbocycles. The molecule has 0 fully saturated rings. The summed E-state index contributed by atoms with van der Waals surface area (Å²) in [5.74, 6) is 0.895. The van der Waals surface area contributed by atoms with Gasteiger partial charge in [0.25, 0.3) is 0 Å². The zero-order valence-corrected chi connectivity index (χ0v) is 12.2. The van der Waals surface area contributed by atoms with Crippen LogP contribution in [0.4, 0.5) is 0 Å². The molecule has 98 valence electrons. The topological polar surface area (TPSA) is 30.7 Å². The van der Waals surface area contributed by atoms with Crippen LogP contribution in [0.3, 0.4) is 0 Å². The quantitative estimate of drug-likeness (QED) is 0.809. The molecule has 2 aromatic heterocycles. The van der Waals surface area contributed by atoms with E-state index in [2.05, 4.69) is 57.3 Å². The summed E-state index contributed by atoms with van der Waals surface area (Å²) in [6, 6.07) is 0.414. The van der Waals surface area contributed by atoms with Crippen molar-refractivity contribution in [1.29, 1.82) is 0 Å². The molecule has 2 heterocycles. The maximum atomic E-state index is 4.80. The lowest BCUT2D eigenvalue weighted by atomic mass is 10.1. The molecule has 0 aliphatic carbocycles. The second-order valence-corrected chi connectivity index (χ2v) is 5.86. The fourth-order valence-corrected chi connectivity index (χ4v) is 2.14. The number of aromatic nitrogens is 3. The zero-order valence-electron chi connectivity index (χ0n) is 12.2. The van der Waals surface area contributed by atoms with Gasteiger partial charge in [0.15, 0.2) is 5.65 Å². The average Bonchev–Trinajstić information content (AvgIpc) is 2.67. The number of hydrogen-bond donors (Lipinski definition) is 0. The highest BCUT2D eigenvalue weighted by Crippen LogP contribution is 2.28. The van der Waals surface area contributed by atoms with E-state index in [-0.39, 0.29) is 0 Å². The van der Waals surface area contributed by atoms with E-state index in [0.29, 0.717) is 17.9 Å². The van der Waals surface area contributed by atoms with Crippen LogP contribution in [0.1, 0.15) is 70.7 Å². The molecule has 0 saturated carbocycles. The van der Waals surface area contributed by atoms with Crippen LogP contribution in [-0.4, -0.2) is 14.5 Å². The molecule has 0 bridgehead atoms. The SMILES string of the molecule is CC(C)c1cnc2c(C(C)C)cn(C(C)C)c2n1. The molecule has 3 nitrogen and oxygen atoms in total. The molecular formula is C15H23N3. The third kappa shape index (κ3) is 2.14. The molecule has 0 aliphatic rings. The van der Waals surface area contributed by atoms with Crippen LogP contribution < -0.4 is 0 Å². The van der Waals surface area contributed by atoms with E-state index in [1.807, 2.05) is 6.20 Å². The van der Waals surface area contributed by atoms with E-state index in [4.69, 9.17) is 4.98 Å².